The van der Waals surface area contributed by atoms with Crippen LogP contribution in [0.2, 0.25) is 0 Å². The fourth-order valence-corrected chi connectivity index (χ4v) is 4.09. The SMILES string of the molecule is NC(=O)c1c(NC(=O)COC(=O)c2cccnc2)sc2c1CCCC2. The summed E-state index contributed by atoms with van der Waals surface area (Å²) < 4.78 is 4.96. The largest absolute Gasteiger partial charge is 0.452 e. The summed E-state index contributed by atoms with van der Waals surface area (Å²) >= 11 is 1.37. The van der Waals surface area contributed by atoms with Crippen molar-refractivity contribution in [2.45, 2.75) is 25.7 Å². The van der Waals surface area contributed by atoms with E-state index < -0.39 is 24.4 Å². The van der Waals surface area contributed by atoms with E-state index in [0.717, 1.165) is 36.1 Å². The van der Waals surface area contributed by atoms with Crippen LogP contribution in [0.15, 0.2) is 24.5 Å². The molecular weight excluding hydrogens is 342 g/mol. The lowest BCUT2D eigenvalue weighted by molar-refractivity contribution is -0.119. The van der Waals surface area contributed by atoms with Crippen LogP contribution in [-0.2, 0) is 22.4 Å². The van der Waals surface area contributed by atoms with Gasteiger partial charge in [-0.3, -0.25) is 14.6 Å². The van der Waals surface area contributed by atoms with E-state index in [1.54, 1.807) is 12.1 Å². The van der Waals surface area contributed by atoms with E-state index in [2.05, 4.69) is 10.3 Å². The van der Waals surface area contributed by atoms with Gasteiger partial charge in [-0.15, -0.1) is 11.3 Å². The van der Waals surface area contributed by atoms with E-state index in [1.807, 2.05) is 0 Å². The number of nitrogens with two attached hydrogens (primary N) is 1. The number of ether oxygens (including phenoxy) is 1. The van der Waals surface area contributed by atoms with Gasteiger partial charge < -0.3 is 15.8 Å². The normalized spacial score (nSPS) is 13.0. The Labute approximate surface area is 148 Å². The first-order valence-electron chi connectivity index (χ1n) is 7.87. The zero-order valence-electron chi connectivity index (χ0n) is 13.4. The van der Waals surface area contributed by atoms with Gasteiger partial charge in [-0.2, -0.15) is 0 Å². The standard InChI is InChI=1S/C17H17N3O4S/c18-15(22)14-11-5-1-2-6-12(11)25-16(14)20-13(21)9-24-17(23)10-4-3-7-19-8-10/h3-4,7-8H,1-2,5-6,9H2,(H2,18,22)(H,20,21). The topological polar surface area (TPSA) is 111 Å². The van der Waals surface area contributed by atoms with Gasteiger partial charge in [-0.25, -0.2) is 4.79 Å². The first-order chi connectivity index (χ1) is 12.1. The maximum absolute atomic E-state index is 12.1. The summed E-state index contributed by atoms with van der Waals surface area (Å²) in [5.74, 6) is -1.70. The predicted octanol–water partition coefficient (Wildman–Crippen LogP) is 1.92. The van der Waals surface area contributed by atoms with E-state index in [4.69, 9.17) is 10.5 Å². The highest BCUT2D eigenvalue weighted by Crippen LogP contribution is 2.37. The first kappa shape index (κ1) is 17.1. The number of nitrogens with one attached hydrogen (secondary N) is 1. The lowest BCUT2D eigenvalue weighted by atomic mass is 9.95. The van der Waals surface area contributed by atoms with Crippen molar-refractivity contribution in [3.8, 4) is 0 Å². The van der Waals surface area contributed by atoms with Crippen LogP contribution >= 0.6 is 11.3 Å². The van der Waals surface area contributed by atoms with Gasteiger partial charge in [0.05, 0.1) is 11.1 Å². The molecular formula is C17H17N3O4S. The smallest absolute Gasteiger partial charge is 0.340 e. The summed E-state index contributed by atoms with van der Waals surface area (Å²) in [6.45, 7) is -0.450. The monoisotopic (exact) mass is 359 g/mol. The van der Waals surface area contributed by atoms with Gasteiger partial charge in [0.2, 0.25) is 0 Å². The Bertz CT molecular complexity index is 817. The van der Waals surface area contributed by atoms with Crippen LogP contribution in [0.5, 0.6) is 0 Å². The summed E-state index contributed by atoms with van der Waals surface area (Å²) in [7, 11) is 0. The highest BCUT2D eigenvalue weighted by molar-refractivity contribution is 7.17. The molecule has 0 saturated carbocycles. The van der Waals surface area contributed by atoms with E-state index in [0.29, 0.717) is 10.6 Å². The lowest BCUT2D eigenvalue weighted by Crippen LogP contribution is -2.23. The minimum absolute atomic E-state index is 0.264. The van der Waals surface area contributed by atoms with Gasteiger partial charge in [0.1, 0.15) is 5.00 Å². The van der Waals surface area contributed by atoms with Crippen molar-refractivity contribution >= 4 is 34.1 Å². The Kier molecular flexibility index (Phi) is 5.08. The zero-order valence-corrected chi connectivity index (χ0v) is 14.2. The summed E-state index contributed by atoms with van der Waals surface area (Å²) in [5.41, 5.74) is 7.06. The Morgan fingerprint density at radius 1 is 1.28 bits per heavy atom. The Morgan fingerprint density at radius 3 is 2.80 bits per heavy atom. The lowest BCUT2D eigenvalue weighted by Gasteiger charge is -2.11. The number of aromatic nitrogens is 1. The third-order valence-electron chi connectivity index (χ3n) is 3.90. The highest BCUT2D eigenvalue weighted by Gasteiger charge is 2.25. The second-order valence-electron chi connectivity index (χ2n) is 5.65. The average Bonchev–Trinajstić information content (AvgIpc) is 2.98. The van der Waals surface area contributed by atoms with Crippen molar-refractivity contribution in [2.24, 2.45) is 5.73 Å². The summed E-state index contributed by atoms with van der Waals surface area (Å²) in [5, 5.41) is 3.07. The average molecular weight is 359 g/mol. The number of aryl methyl sites for hydroxylation is 1. The second kappa shape index (κ2) is 7.43. The number of hydrogen-bond donors (Lipinski definition) is 2. The van der Waals surface area contributed by atoms with Crippen molar-refractivity contribution in [1.29, 1.82) is 0 Å². The van der Waals surface area contributed by atoms with Crippen LogP contribution in [-0.4, -0.2) is 29.4 Å². The molecule has 0 atom stereocenters. The number of fused-ring (bicyclic) bond motifs is 1. The molecule has 0 aromatic carbocycles. The molecule has 0 bridgehead atoms. The number of hydrogen-bond acceptors (Lipinski definition) is 6. The molecule has 2 aromatic rings. The molecule has 130 valence electrons. The second-order valence-corrected chi connectivity index (χ2v) is 6.75. The van der Waals surface area contributed by atoms with E-state index >= 15 is 0 Å². The van der Waals surface area contributed by atoms with Crippen LogP contribution in [0.4, 0.5) is 5.00 Å². The van der Waals surface area contributed by atoms with Gasteiger partial charge in [0.25, 0.3) is 11.8 Å². The fraction of sp³-hybridized carbons (Fsp3) is 0.294. The van der Waals surface area contributed by atoms with E-state index in [9.17, 15) is 14.4 Å². The number of primary amides is 1. The minimum Gasteiger partial charge on any atom is -0.452 e. The molecule has 7 nitrogen and oxygen atoms in total. The molecule has 2 heterocycles. The zero-order chi connectivity index (χ0) is 17.8. The molecule has 3 N–H and O–H groups in total. The Balaban J connectivity index is 1.66. The molecule has 3 rings (SSSR count). The summed E-state index contributed by atoms with van der Waals surface area (Å²) in [6, 6.07) is 3.15. The maximum atomic E-state index is 12.1. The van der Waals surface area contributed by atoms with Crippen LogP contribution < -0.4 is 11.1 Å². The quantitative estimate of drug-likeness (QED) is 0.792. The first-order valence-corrected chi connectivity index (χ1v) is 8.69. The van der Waals surface area contributed by atoms with Crippen molar-refractivity contribution in [1.82, 2.24) is 4.98 Å². The van der Waals surface area contributed by atoms with Crippen molar-refractivity contribution < 1.29 is 19.1 Å². The number of pyridine rings is 1. The summed E-state index contributed by atoms with van der Waals surface area (Å²) in [6.07, 6.45) is 6.62. The number of rotatable bonds is 5. The van der Waals surface area contributed by atoms with E-state index in [-0.39, 0.29) is 5.56 Å². The summed E-state index contributed by atoms with van der Waals surface area (Å²) in [4.78, 5) is 40.6. The highest BCUT2D eigenvalue weighted by atomic mass is 32.1. The molecule has 0 aliphatic heterocycles. The Hall–Kier alpha value is -2.74. The molecule has 0 saturated heterocycles. The van der Waals surface area contributed by atoms with Crippen LogP contribution in [0.3, 0.4) is 0 Å². The number of amides is 2. The number of anilines is 1. The number of esters is 1. The van der Waals surface area contributed by atoms with Crippen molar-refractivity contribution in [3.63, 3.8) is 0 Å². The molecule has 1 aliphatic rings. The van der Waals surface area contributed by atoms with Gasteiger partial charge in [0.15, 0.2) is 6.61 Å². The Morgan fingerprint density at radius 2 is 2.08 bits per heavy atom. The number of thiophene rings is 1. The molecule has 0 fully saturated rings. The van der Waals surface area contributed by atoms with Crippen molar-refractivity contribution in [3.05, 3.63) is 46.1 Å². The number of nitrogens with zero attached hydrogens (tertiary/aromatic N) is 1. The van der Waals surface area contributed by atoms with E-state index in [1.165, 1.54) is 23.7 Å². The number of carbonyl (C=O) groups excluding carboxylic acids is 3. The van der Waals surface area contributed by atoms with Gasteiger partial charge in [-0.05, 0) is 43.4 Å². The molecule has 0 unspecified atom stereocenters. The van der Waals surface area contributed by atoms with Gasteiger partial charge >= 0.3 is 5.97 Å². The molecule has 0 spiro atoms. The van der Waals surface area contributed by atoms with Crippen molar-refractivity contribution in [2.75, 3.05) is 11.9 Å². The molecule has 25 heavy (non-hydrogen) atoms. The molecule has 2 amide bonds. The molecule has 2 aromatic heterocycles. The van der Waals surface area contributed by atoms with Crippen LogP contribution in [0.1, 0.15) is 44.0 Å². The minimum atomic E-state index is -0.635. The third kappa shape index (κ3) is 3.85. The molecule has 8 heteroatoms. The maximum Gasteiger partial charge on any atom is 0.340 e. The van der Waals surface area contributed by atoms with Gasteiger partial charge in [-0.1, -0.05) is 0 Å². The molecule has 0 radical (unpaired) electrons. The molecule has 1 aliphatic carbocycles. The fourth-order valence-electron chi connectivity index (χ4n) is 2.78. The van der Waals surface area contributed by atoms with Gasteiger partial charge in [0, 0.05) is 17.3 Å². The third-order valence-corrected chi connectivity index (χ3v) is 5.11. The number of carbonyl (C=O) groups is 3. The van der Waals surface area contributed by atoms with Crippen LogP contribution in [0, 0.1) is 0 Å². The van der Waals surface area contributed by atoms with Crippen LogP contribution in [0.25, 0.3) is 0 Å². The predicted molar refractivity (Wildman–Crippen MR) is 92.6 cm³/mol.